The summed E-state index contributed by atoms with van der Waals surface area (Å²) in [5.41, 5.74) is 4.61. The van der Waals surface area contributed by atoms with E-state index in [-0.39, 0.29) is 11.9 Å². The van der Waals surface area contributed by atoms with Crippen molar-refractivity contribution in [3.05, 3.63) is 57.6 Å². The van der Waals surface area contributed by atoms with Gasteiger partial charge in [0, 0.05) is 28.2 Å². The molecule has 0 unspecified atom stereocenters. The highest BCUT2D eigenvalue weighted by atomic mass is 35.5. The topological polar surface area (TPSA) is 85.6 Å². The number of hydrogen-bond acceptors (Lipinski definition) is 6. The van der Waals surface area contributed by atoms with Crippen LogP contribution in [0.5, 0.6) is 0 Å². The van der Waals surface area contributed by atoms with Crippen LogP contribution in [0.25, 0.3) is 5.69 Å². The van der Waals surface area contributed by atoms with Crippen molar-refractivity contribution in [1.29, 1.82) is 0 Å². The minimum atomic E-state index is -0.178. The molecule has 0 bridgehead atoms. The van der Waals surface area contributed by atoms with Crippen LogP contribution in [-0.4, -0.2) is 36.9 Å². The number of nitrogens with one attached hydrogen (secondary N) is 1. The maximum Gasteiger partial charge on any atom is 0.274 e. The van der Waals surface area contributed by atoms with Crippen molar-refractivity contribution in [1.82, 2.24) is 30.3 Å². The van der Waals surface area contributed by atoms with Crippen LogP contribution in [0.3, 0.4) is 0 Å². The van der Waals surface area contributed by atoms with E-state index in [2.05, 4.69) is 25.6 Å². The maximum atomic E-state index is 13.2. The van der Waals surface area contributed by atoms with E-state index < -0.39 is 0 Å². The highest BCUT2D eigenvalue weighted by Crippen LogP contribution is 2.26. The Hall–Kier alpha value is -2.45. The number of amides is 1. The zero-order valence-corrected chi connectivity index (χ0v) is 20.8. The summed E-state index contributed by atoms with van der Waals surface area (Å²) in [6.45, 7) is 5.85. The van der Waals surface area contributed by atoms with Gasteiger partial charge in [-0.1, -0.05) is 60.3 Å². The number of aryl methyl sites for hydroxylation is 3. The van der Waals surface area contributed by atoms with Gasteiger partial charge in [0.05, 0.1) is 11.4 Å². The van der Waals surface area contributed by atoms with Gasteiger partial charge >= 0.3 is 0 Å². The van der Waals surface area contributed by atoms with Crippen LogP contribution in [0.1, 0.15) is 71.7 Å². The van der Waals surface area contributed by atoms with Gasteiger partial charge in [-0.3, -0.25) is 4.79 Å². The predicted octanol–water partition coefficient (Wildman–Crippen LogP) is 5.38. The van der Waals surface area contributed by atoms with Gasteiger partial charge in [-0.15, -0.1) is 5.10 Å². The average molecular weight is 485 g/mol. The van der Waals surface area contributed by atoms with Crippen molar-refractivity contribution < 1.29 is 4.79 Å². The van der Waals surface area contributed by atoms with Gasteiger partial charge in [0.2, 0.25) is 0 Å². The maximum absolute atomic E-state index is 13.2. The first-order chi connectivity index (χ1) is 15.9. The Bertz CT molecular complexity index is 1120. The molecule has 1 N–H and O–H groups in total. The van der Waals surface area contributed by atoms with Gasteiger partial charge in [-0.05, 0) is 57.4 Å². The monoisotopic (exact) mass is 484 g/mol. The van der Waals surface area contributed by atoms with Gasteiger partial charge in [0.1, 0.15) is 0 Å². The quantitative estimate of drug-likeness (QED) is 0.287. The van der Waals surface area contributed by atoms with E-state index in [1.165, 1.54) is 24.6 Å². The molecule has 4 rings (SSSR count). The van der Waals surface area contributed by atoms with E-state index in [1.54, 1.807) is 4.68 Å². The van der Waals surface area contributed by atoms with Crippen molar-refractivity contribution in [2.75, 3.05) is 0 Å². The molecule has 1 fully saturated rings. The second kappa shape index (κ2) is 10.7. The van der Waals surface area contributed by atoms with Crippen molar-refractivity contribution in [3.63, 3.8) is 0 Å². The Morgan fingerprint density at radius 1 is 1.09 bits per heavy atom. The molecule has 0 radical (unpaired) electrons. The van der Waals surface area contributed by atoms with E-state index in [4.69, 9.17) is 11.6 Å². The first-order valence-electron chi connectivity index (χ1n) is 11.4. The zero-order valence-electron chi connectivity index (χ0n) is 19.3. The number of thioether (sulfide) groups is 1. The van der Waals surface area contributed by atoms with Gasteiger partial charge < -0.3 is 5.32 Å². The second-order valence-electron chi connectivity index (χ2n) is 8.61. The Balaban J connectivity index is 1.64. The normalized spacial score (nSPS) is 14.8. The van der Waals surface area contributed by atoms with Crippen LogP contribution in [0, 0.1) is 20.8 Å². The third kappa shape index (κ3) is 5.92. The highest BCUT2D eigenvalue weighted by Gasteiger charge is 2.24. The number of carbonyl (C=O) groups is 1. The largest absolute Gasteiger partial charge is 0.348 e. The van der Waals surface area contributed by atoms with Crippen LogP contribution in [0.2, 0.25) is 5.02 Å². The van der Waals surface area contributed by atoms with Gasteiger partial charge in [-0.2, -0.15) is 0 Å². The van der Waals surface area contributed by atoms with Crippen molar-refractivity contribution >= 4 is 29.3 Å². The number of carbonyl (C=O) groups excluding carboxylic acids is 1. The molecule has 3 aromatic rings. The summed E-state index contributed by atoms with van der Waals surface area (Å²) < 4.78 is 1.70. The molecule has 0 atom stereocenters. The van der Waals surface area contributed by atoms with Gasteiger partial charge in [0.25, 0.3) is 5.91 Å². The number of aromatic nitrogens is 5. The molecule has 174 valence electrons. The summed E-state index contributed by atoms with van der Waals surface area (Å²) in [4.78, 5) is 22.3. The summed E-state index contributed by atoms with van der Waals surface area (Å²) >= 11 is 7.84. The van der Waals surface area contributed by atoms with Crippen molar-refractivity contribution in [2.24, 2.45) is 0 Å². The fourth-order valence-electron chi connectivity index (χ4n) is 4.10. The minimum Gasteiger partial charge on any atom is -0.348 e. The third-order valence-corrected chi connectivity index (χ3v) is 7.13. The fraction of sp³-hybridized carbons (Fsp3) is 0.458. The Morgan fingerprint density at radius 2 is 1.79 bits per heavy atom. The second-order valence-corrected chi connectivity index (χ2v) is 9.96. The number of halogens is 1. The van der Waals surface area contributed by atoms with E-state index in [0.29, 0.717) is 27.3 Å². The standard InChI is InChI=1S/C24H29ClN6OS/c1-15-10-11-19(13-20(15)25)31-21(14-33-24-26-16(2)12-17(3)27-24)22(29-30-31)23(32)28-18-8-6-4-5-7-9-18/h10-13,18H,4-9,14H2,1-3H3,(H,28,32). The first kappa shape index (κ1) is 23.7. The lowest BCUT2D eigenvalue weighted by molar-refractivity contribution is 0.0927. The molecule has 9 heteroatoms. The van der Waals surface area contributed by atoms with E-state index in [9.17, 15) is 4.79 Å². The van der Waals surface area contributed by atoms with Crippen LogP contribution in [-0.2, 0) is 5.75 Å². The molecule has 33 heavy (non-hydrogen) atoms. The van der Waals surface area contributed by atoms with Crippen LogP contribution >= 0.6 is 23.4 Å². The molecule has 2 aromatic heterocycles. The fourth-order valence-corrected chi connectivity index (χ4v) is 5.21. The van der Waals surface area contributed by atoms with Crippen LogP contribution in [0.4, 0.5) is 0 Å². The molecular weight excluding hydrogens is 456 g/mol. The molecule has 1 aliphatic carbocycles. The highest BCUT2D eigenvalue weighted by molar-refractivity contribution is 7.98. The lowest BCUT2D eigenvalue weighted by atomic mass is 10.1. The van der Waals surface area contributed by atoms with E-state index in [0.717, 1.165) is 48.3 Å². The predicted molar refractivity (Wildman–Crippen MR) is 131 cm³/mol. The summed E-state index contributed by atoms with van der Waals surface area (Å²) in [5.74, 6) is 0.276. The summed E-state index contributed by atoms with van der Waals surface area (Å²) in [7, 11) is 0. The molecule has 0 spiro atoms. The average Bonchev–Trinajstić information content (AvgIpc) is 3.03. The molecule has 2 heterocycles. The molecule has 1 amide bonds. The smallest absolute Gasteiger partial charge is 0.274 e. The molecule has 1 aromatic carbocycles. The summed E-state index contributed by atoms with van der Waals surface area (Å²) in [6, 6.07) is 7.84. The van der Waals surface area contributed by atoms with Crippen molar-refractivity contribution in [3.8, 4) is 5.69 Å². The van der Waals surface area contributed by atoms with Crippen LogP contribution < -0.4 is 5.32 Å². The Morgan fingerprint density at radius 3 is 2.45 bits per heavy atom. The lowest BCUT2D eigenvalue weighted by Crippen LogP contribution is -2.35. The first-order valence-corrected chi connectivity index (χ1v) is 12.7. The number of hydrogen-bond donors (Lipinski definition) is 1. The summed E-state index contributed by atoms with van der Waals surface area (Å²) in [5, 5.41) is 13.1. The molecule has 7 nitrogen and oxygen atoms in total. The summed E-state index contributed by atoms with van der Waals surface area (Å²) in [6.07, 6.45) is 6.77. The van der Waals surface area contributed by atoms with Crippen LogP contribution in [0.15, 0.2) is 29.4 Å². The zero-order chi connectivity index (χ0) is 23.4. The lowest BCUT2D eigenvalue weighted by Gasteiger charge is -2.16. The van der Waals surface area contributed by atoms with E-state index >= 15 is 0 Å². The van der Waals surface area contributed by atoms with Crippen molar-refractivity contribution in [2.45, 2.75) is 76.2 Å². The SMILES string of the molecule is Cc1cc(C)nc(SCc2c(C(=O)NC3CCCCCC3)nnn2-c2ccc(C)c(Cl)c2)n1. The third-order valence-electron chi connectivity index (χ3n) is 5.87. The number of benzene rings is 1. The Labute approximate surface area is 203 Å². The molecule has 1 saturated carbocycles. The number of rotatable bonds is 6. The van der Waals surface area contributed by atoms with E-state index in [1.807, 2.05) is 45.0 Å². The molecule has 0 saturated heterocycles. The van der Waals surface area contributed by atoms with Gasteiger partial charge in [-0.25, -0.2) is 14.6 Å². The molecule has 1 aliphatic rings. The Kier molecular flexibility index (Phi) is 7.65. The minimum absolute atomic E-state index is 0.178. The molecule has 0 aliphatic heterocycles. The number of nitrogens with zero attached hydrogens (tertiary/aromatic N) is 5. The van der Waals surface area contributed by atoms with Gasteiger partial charge in [0.15, 0.2) is 10.9 Å². The molecular formula is C24H29ClN6OS.